The summed E-state index contributed by atoms with van der Waals surface area (Å²) >= 11 is 6.03. The quantitative estimate of drug-likeness (QED) is 0.593. The monoisotopic (exact) mass is 439 g/mol. The van der Waals surface area contributed by atoms with Gasteiger partial charge >= 0.3 is 12.1 Å². The fraction of sp³-hybridized carbons (Fsp3) is 0.261. The van der Waals surface area contributed by atoms with E-state index in [9.17, 15) is 14.7 Å². The maximum absolute atomic E-state index is 12.5. The molecule has 3 aromatic rings. The van der Waals surface area contributed by atoms with E-state index in [0.29, 0.717) is 10.7 Å². The molecule has 160 valence electrons. The third kappa shape index (κ3) is 4.01. The van der Waals surface area contributed by atoms with Gasteiger partial charge in [-0.15, -0.1) is 0 Å². The number of carboxylic acids is 1. The molecule has 2 atom stereocenters. The number of aromatic nitrogens is 2. The largest absolute Gasteiger partial charge is 0.480 e. The van der Waals surface area contributed by atoms with Crippen molar-refractivity contribution in [3.05, 3.63) is 76.6 Å². The highest BCUT2D eigenvalue weighted by atomic mass is 35.5. The highest BCUT2D eigenvalue weighted by Gasteiger charge is 2.32. The molecule has 31 heavy (non-hydrogen) atoms. The van der Waals surface area contributed by atoms with E-state index in [4.69, 9.17) is 16.3 Å². The minimum absolute atomic E-state index is 0.104. The van der Waals surface area contributed by atoms with Gasteiger partial charge in [-0.3, -0.25) is 4.68 Å². The van der Waals surface area contributed by atoms with Crippen molar-refractivity contribution in [2.45, 2.75) is 31.8 Å². The Bertz CT molecular complexity index is 1080. The maximum atomic E-state index is 12.5. The summed E-state index contributed by atoms with van der Waals surface area (Å²) in [5.41, 5.74) is 4.99. The first kappa shape index (κ1) is 20.9. The van der Waals surface area contributed by atoms with Gasteiger partial charge in [-0.25, -0.2) is 9.59 Å². The van der Waals surface area contributed by atoms with Gasteiger partial charge in [0, 0.05) is 12.1 Å². The minimum Gasteiger partial charge on any atom is -0.480 e. The van der Waals surface area contributed by atoms with E-state index in [1.54, 1.807) is 13.8 Å². The lowest BCUT2D eigenvalue weighted by atomic mass is 9.98. The van der Waals surface area contributed by atoms with Gasteiger partial charge in [0.05, 0.1) is 16.8 Å². The Labute approximate surface area is 184 Å². The number of nitrogens with one attached hydrogen (secondary N) is 1. The van der Waals surface area contributed by atoms with Crippen molar-refractivity contribution in [2.75, 3.05) is 6.61 Å². The number of fused-ring (bicyclic) bond motifs is 3. The fourth-order valence-corrected chi connectivity index (χ4v) is 4.11. The SMILES string of the molecule is Cc1nn(C(C)C(NC(=O)OCC2c3ccccc3-c3ccccc32)C(=O)O)cc1Cl. The minimum atomic E-state index is -1.23. The summed E-state index contributed by atoms with van der Waals surface area (Å²) in [6.45, 7) is 3.47. The van der Waals surface area contributed by atoms with Crippen LogP contribution in [0.3, 0.4) is 0 Å². The standard InChI is InChI=1S/C23H22ClN3O4/c1-13-20(24)11-27(26-13)14(2)21(22(28)29)25-23(30)31-12-19-17-9-5-3-7-15(17)16-8-4-6-10-18(16)19/h3-11,14,19,21H,12H2,1-2H3,(H,25,30)(H,28,29). The number of ether oxygens (including phenoxy) is 1. The lowest BCUT2D eigenvalue weighted by Gasteiger charge is -2.22. The van der Waals surface area contributed by atoms with Crippen molar-refractivity contribution in [3.8, 4) is 11.1 Å². The van der Waals surface area contributed by atoms with E-state index in [2.05, 4.69) is 10.4 Å². The molecule has 1 amide bonds. The molecule has 1 aliphatic carbocycles. The molecule has 0 saturated heterocycles. The van der Waals surface area contributed by atoms with Crippen LogP contribution in [0.15, 0.2) is 54.7 Å². The molecule has 2 aromatic carbocycles. The van der Waals surface area contributed by atoms with Crippen molar-refractivity contribution in [3.63, 3.8) is 0 Å². The van der Waals surface area contributed by atoms with Crippen molar-refractivity contribution < 1.29 is 19.4 Å². The number of halogens is 1. The molecule has 0 aliphatic heterocycles. The highest BCUT2D eigenvalue weighted by Crippen LogP contribution is 2.44. The molecule has 0 radical (unpaired) electrons. The number of hydrogen-bond donors (Lipinski definition) is 2. The number of amides is 1. The summed E-state index contributed by atoms with van der Waals surface area (Å²) < 4.78 is 6.90. The summed E-state index contributed by atoms with van der Waals surface area (Å²) in [5.74, 6) is -1.29. The van der Waals surface area contributed by atoms with Crippen LogP contribution < -0.4 is 5.32 Å². The van der Waals surface area contributed by atoms with Crippen LogP contribution in [-0.2, 0) is 9.53 Å². The molecule has 8 heteroatoms. The fourth-order valence-electron chi connectivity index (χ4n) is 3.98. The number of benzene rings is 2. The van der Waals surface area contributed by atoms with Crippen molar-refractivity contribution in [1.29, 1.82) is 0 Å². The highest BCUT2D eigenvalue weighted by molar-refractivity contribution is 6.31. The van der Waals surface area contributed by atoms with Crippen LogP contribution in [0.5, 0.6) is 0 Å². The molecular weight excluding hydrogens is 418 g/mol. The number of hydrogen-bond acceptors (Lipinski definition) is 4. The van der Waals surface area contributed by atoms with Gasteiger partial charge in [-0.1, -0.05) is 60.1 Å². The predicted octanol–water partition coefficient (Wildman–Crippen LogP) is 4.40. The number of rotatable bonds is 6. The molecule has 0 saturated carbocycles. The van der Waals surface area contributed by atoms with Gasteiger partial charge in [0.15, 0.2) is 6.04 Å². The molecular formula is C23H22ClN3O4. The summed E-state index contributed by atoms with van der Waals surface area (Å²) in [4.78, 5) is 24.3. The lowest BCUT2D eigenvalue weighted by Crippen LogP contribution is -2.46. The number of aryl methyl sites for hydroxylation is 1. The maximum Gasteiger partial charge on any atom is 0.407 e. The molecule has 4 rings (SSSR count). The summed E-state index contributed by atoms with van der Waals surface area (Å²) in [6.07, 6.45) is 0.743. The Hall–Kier alpha value is -3.32. The van der Waals surface area contributed by atoms with Gasteiger partial charge in [0.2, 0.25) is 0 Å². The zero-order valence-corrected chi connectivity index (χ0v) is 17.8. The second kappa shape index (κ2) is 8.43. The topological polar surface area (TPSA) is 93.5 Å². The van der Waals surface area contributed by atoms with E-state index in [-0.39, 0.29) is 12.5 Å². The third-order valence-corrected chi connectivity index (χ3v) is 6.01. The number of carbonyl (C=O) groups excluding carboxylic acids is 1. The zero-order chi connectivity index (χ0) is 22.1. The Balaban J connectivity index is 1.46. The van der Waals surface area contributed by atoms with Crippen molar-refractivity contribution >= 4 is 23.7 Å². The summed E-state index contributed by atoms with van der Waals surface area (Å²) in [5, 5.41) is 16.7. The first-order chi connectivity index (χ1) is 14.9. The average molecular weight is 440 g/mol. The molecule has 0 bridgehead atoms. The molecule has 0 fully saturated rings. The second-order valence-electron chi connectivity index (χ2n) is 7.57. The van der Waals surface area contributed by atoms with Crippen LogP contribution in [-0.4, -0.2) is 39.6 Å². The smallest absolute Gasteiger partial charge is 0.407 e. The van der Waals surface area contributed by atoms with Gasteiger partial charge in [0.25, 0.3) is 0 Å². The molecule has 2 unspecified atom stereocenters. The van der Waals surface area contributed by atoms with Crippen LogP contribution in [0.25, 0.3) is 11.1 Å². The van der Waals surface area contributed by atoms with E-state index < -0.39 is 24.1 Å². The van der Waals surface area contributed by atoms with Crippen molar-refractivity contribution in [1.82, 2.24) is 15.1 Å². The number of aliphatic carboxylic acids is 1. The molecule has 1 aromatic heterocycles. The van der Waals surface area contributed by atoms with E-state index in [1.807, 2.05) is 48.5 Å². The zero-order valence-electron chi connectivity index (χ0n) is 17.1. The second-order valence-corrected chi connectivity index (χ2v) is 7.98. The normalized spacial score (nSPS) is 14.4. The Morgan fingerprint density at radius 1 is 1.16 bits per heavy atom. The van der Waals surface area contributed by atoms with Crippen LogP contribution in [0, 0.1) is 6.92 Å². The van der Waals surface area contributed by atoms with Crippen LogP contribution in [0.2, 0.25) is 5.02 Å². The van der Waals surface area contributed by atoms with E-state index >= 15 is 0 Å². The number of carboxylic acid groups (broad SMARTS) is 1. The molecule has 1 aliphatic rings. The Morgan fingerprint density at radius 2 is 1.74 bits per heavy atom. The van der Waals surface area contributed by atoms with Crippen LogP contribution in [0.4, 0.5) is 4.79 Å². The first-order valence-corrected chi connectivity index (χ1v) is 10.3. The molecule has 2 N–H and O–H groups in total. The van der Waals surface area contributed by atoms with E-state index in [1.165, 1.54) is 10.9 Å². The molecule has 0 spiro atoms. The summed E-state index contributed by atoms with van der Waals surface area (Å²) in [7, 11) is 0. The first-order valence-electron chi connectivity index (χ1n) is 9.92. The number of alkyl carbamates (subject to hydrolysis) is 1. The third-order valence-electron chi connectivity index (χ3n) is 5.64. The number of nitrogens with zero attached hydrogens (tertiary/aromatic N) is 2. The van der Waals surface area contributed by atoms with Gasteiger partial charge in [-0.2, -0.15) is 5.10 Å². The molecule has 7 nitrogen and oxygen atoms in total. The van der Waals surface area contributed by atoms with E-state index in [0.717, 1.165) is 22.3 Å². The molecule has 1 heterocycles. The Morgan fingerprint density at radius 3 is 2.26 bits per heavy atom. The van der Waals surface area contributed by atoms with Gasteiger partial charge in [0.1, 0.15) is 6.61 Å². The average Bonchev–Trinajstić information content (AvgIpc) is 3.27. The van der Waals surface area contributed by atoms with Crippen LogP contribution in [0.1, 0.15) is 35.7 Å². The summed E-state index contributed by atoms with van der Waals surface area (Å²) in [6, 6.07) is 14.1. The predicted molar refractivity (Wildman–Crippen MR) is 116 cm³/mol. The number of carbonyl (C=O) groups is 2. The Kier molecular flexibility index (Phi) is 5.69. The van der Waals surface area contributed by atoms with Crippen LogP contribution >= 0.6 is 11.6 Å². The van der Waals surface area contributed by atoms with Crippen molar-refractivity contribution in [2.24, 2.45) is 0 Å². The van der Waals surface area contributed by atoms with Gasteiger partial charge in [-0.05, 0) is 36.1 Å². The van der Waals surface area contributed by atoms with Gasteiger partial charge < -0.3 is 15.2 Å². The lowest BCUT2D eigenvalue weighted by molar-refractivity contribution is -0.140.